The summed E-state index contributed by atoms with van der Waals surface area (Å²) in [5, 5.41) is 8.50. The van der Waals surface area contributed by atoms with Gasteiger partial charge in [0.2, 0.25) is 5.95 Å². The molecule has 1 aliphatic rings. The fourth-order valence-electron chi connectivity index (χ4n) is 3.62. The number of nitrogens with one attached hydrogen (secondary N) is 1. The van der Waals surface area contributed by atoms with Crippen LogP contribution in [0.4, 0.5) is 23.1 Å². The average molecular weight is 425 g/mol. The Bertz CT molecular complexity index is 1020. The molecule has 0 bridgehead atoms. The van der Waals surface area contributed by atoms with E-state index in [1.807, 2.05) is 4.68 Å². The Kier molecular flexibility index (Phi) is 5.97. The Labute approximate surface area is 183 Å². The molecule has 0 unspecified atom stereocenters. The van der Waals surface area contributed by atoms with Gasteiger partial charge in [0.1, 0.15) is 0 Å². The Morgan fingerprint density at radius 2 is 1.84 bits per heavy atom. The molecule has 1 fully saturated rings. The van der Waals surface area contributed by atoms with Crippen molar-refractivity contribution in [1.82, 2.24) is 24.6 Å². The third-order valence-electron chi connectivity index (χ3n) is 5.99. The maximum Gasteiger partial charge on any atom is 0.229 e. The number of ether oxygens (including phenoxy) is 1. The van der Waals surface area contributed by atoms with Crippen molar-refractivity contribution in [2.24, 2.45) is 0 Å². The first kappa shape index (κ1) is 21.3. The van der Waals surface area contributed by atoms with Gasteiger partial charge in [0.25, 0.3) is 0 Å². The zero-order chi connectivity index (χ0) is 22.0. The van der Waals surface area contributed by atoms with E-state index in [9.17, 15) is 0 Å². The highest BCUT2D eigenvalue weighted by Crippen LogP contribution is 2.24. The number of aryl methyl sites for hydroxylation is 1. The van der Waals surface area contributed by atoms with Crippen molar-refractivity contribution in [3.05, 3.63) is 30.5 Å². The molecule has 2 aromatic heterocycles. The van der Waals surface area contributed by atoms with E-state index >= 15 is 0 Å². The zero-order valence-electron chi connectivity index (χ0n) is 18.8. The number of nitrogens with two attached hydrogens (primary N) is 1. The topological polar surface area (TPSA) is 97.4 Å². The molecule has 1 aromatic carbocycles. The second-order valence-electron chi connectivity index (χ2n) is 8.72. The first-order valence-electron chi connectivity index (χ1n) is 10.7. The first-order chi connectivity index (χ1) is 14.8. The normalized spacial score (nSPS) is 15.5. The lowest BCUT2D eigenvalue weighted by Gasteiger charge is -2.34. The number of fused-ring (bicyclic) bond motifs is 1. The van der Waals surface area contributed by atoms with Crippen LogP contribution in [0.3, 0.4) is 0 Å². The Morgan fingerprint density at radius 3 is 2.52 bits per heavy atom. The van der Waals surface area contributed by atoms with Crippen LogP contribution in [0.1, 0.15) is 20.3 Å². The van der Waals surface area contributed by atoms with E-state index < -0.39 is 0 Å². The molecule has 1 saturated heterocycles. The SMILES string of the molecule is COC(C)(C)CCn1nc(N)c2cnc(Nc3ccc(N4CCN(C)CC4)cc3)nc21. The van der Waals surface area contributed by atoms with Gasteiger partial charge in [-0.15, -0.1) is 0 Å². The first-order valence-corrected chi connectivity index (χ1v) is 10.7. The number of hydrogen-bond donors (Lipinski definition) is 2. The minimum absolute atomic E-state index is 0.243. The molecule has 3 N–H and O–H groups in total. The van der Waals surface area contributed by atoms with Gasteiger partial charge in [0.15, 0.2) is 11.5 Å². The van der Waals surface area contributed by atoms with E-state index in [-0.39, 0.29) is 5.60 Å². The number of methoxy groups -OCH3 is 1. The maximum absolute atomic E-state index is 6.08. The number of rotatable bonds is 7. The Balaban J connectivity index is 1.49. The quantitative estimate of drug-likeness (QED) is 0.598. The smallest absolute Gasteiger partial charge is 0.229 e. The average Bonchev–Trinajstić information content (AvgIpc) is 3.09. The van der Waals surface area contributed by atoms with E-state index in [1.165, 1.54) is 5.69 Å². The molecular formula is C22H32N8O. The summed E-state index contributed by atoms with van der Waals surface area (Å²) in [5.74, 6) is 0.959. The lowest BCUT2D eigenvalue weighted by molar-refractivity contribution is 0.0116. The van der Waals surface area contributed by atoms with Gasteiger partial charge in [-0.1, -0.05) is 0 Å². The maximum atomic E-state index is 6.08. The van der Waals surface area contributed by atoms with Crippen LogP contribution in [0.5, 0.6) is 0 Å². The fraction of sp³-hybridized carbons (Fsp3) is 0.500. The van der Waals surface area contributed by atoms with Gasteiger partial charge in [0.05, 0.1) is 11.0 Å². The van der Waals surface area contributed by atoms with Crippen molar-refractivity contribution in [3.63, 3.8) is 0 Å². The largest absolute Gasteiger partial charge is 0.382 e. The fourth-order valence-corrected chi connectivity index (χ4v) is 3.62. The number of nitrogen functional groups attached to an aromatic ring is 1. The van der Waals surface area contributed by atoms with Crippen molar-refractivity contribution >= 4 is 34.2 Å². The van der Waals surface area contributed by atoms with Crippen molar-refractivity contribution in [1.29, 1.82) is 0 Å². The second kappa shape index (κ2) is 8.68. The van der Waals surface area contributed by atoms with E-state index in [1.54, 1.807) is 13.3 Å². The van der Waals surface area contributed by atoms with Gasteiger partial charge in [-0.05, 0) is 51.6 Å². The summed E-state index contributed by atoms with van der Waals surface area (Å²) in [6, 6.07) is 8.41. The van der Waals surface area contributed by atoms with Crippen molar-refractivity contribution in [2.45, 2.75) is 32.4 Å². The van der Waals surface area contributed by atoms with Crippen LogP contribution in [0.15, 0.2) is 30.5 Å². The van der Waals surface area contributed by atoms with E-state index in [2.05, 4.69) is 75.3 Å². The summed E-state index contributed by atoms with van der Waals surface area (Å²) in [6.45, 7) is 9.04. The molecule has 3 heterocycles. The number of hydrogen-bond acceptors (Lipinski definition) is 8. The van der Waals surface area contributed by atoms with E-state index in [0.29, 0.717) is 18.3 Å². The summed E-state index contributed by atoms with van der Waals surface area (Å²) in [6.07, 6.45) is 2.52. The number of likely N-dealkylation sites (N-methyl/N-ethyl adjacent to an activating group) is 1. The third-order valence-corrected chi connectivity index (χ3v) is 5.99. The van der Waals surface area contributed by atoms with Gasteiger partial charge in [-0.3, -0.25) is 0 Å². The highest BCUT2D eigenvalue weighted by atomic mass is 16.5. The molecule has 0 saturated carbocycles. The van der Waals surface area contributed by atoms with Gasteiger partial charge >= 0.3 is 0 Å². The van der Waals surface area contributed by atoms with E-state index in [0.717, 1.165) is 49.3 Å². The van der Waals surface area contributed by atoms with E-state index in [4.69, 9.17) is 10.5 Å². The molecule has 31 heavy (non-hydrogen) atoms. The molecule has 1 aliphatic heterocycles. The number of aromatic nitrogens is 4. The molecule has 4 rings (SSSR count). The number of piperazine rings is 1. The molecule has 166 valence electrons. The highest BCUT2D eigenvalue weighted by Gasteiger charge is 2.19. The Morgan fingerprint density at radius 1 is 1.13 bits per heavy atom. The molecule has 0 spiro atoms. The van der Waals surface area contributed by atoms with Crippen LogP contribution in [-0.2, 0) is 11.3 Å². The van der Waals surface area contributed by atoms with Gasteiger partial charge < -0.3 is 25.6 Å². The van der Waals surface area contributed by atoms with Gasteiger partial charge in [-0.2, -0.15) is 10.1 Å². The van der Waals surface area contributed by atoms with Crippen LogP contribution >= 0.6 is 0 Å². The molecule has 3 aromatic rings. The van der Waals surface area contributed by atoms with Crippen molar-refractivity contribution < 1.29 is 4.74 Å². The highest BCUT2D eigenvalue weighted by molar-refractivity contribution is 5.86. The zero-order valence-corrected chi connectivity index (χ0v) is 18.8. The van der Waals surface area contributed by atoms with Crippen molar-refractivity contribution in [2.75, 3.05) is 56.3 Å². The van der Waals surface area contributed by atoms with Gasteiger partial charge in [0, 0.05) is 57.4 Å². The molecule has 9 nitrogen and oxygen atoms in total. The molecule has 9 heteroatoms. The summed E-state index contributed by atoms with van der Waals surface area (Å²) in [7, 11) is 3.88. The number of nitrogens with zero attached hydrogens (tertiary/aromatic N) is 6. The molecule has 0 aliphatic carbocycles. The van der Waals surface area contributed by atoms with Crippen LogP contribution < -0.4 is 16.0 Å². The van der Waals surface area contributed by atoms with Crippen molar-refractivity contribution in [3.8, 4) is 0 Å². The lowest BCUT2D eigenvalue weighted by atomic mass is 10.1. The predicted molar refractivity (Wildman–Crippen MR) is 125 cm³/mol. The van der Waals surface area contributed by atoms with Crippen LogP contribution in [0.2, 0.25) is 0 Å². The third kappa shape index (κ3) is 4.88. The number of benzene rings is 1. The Hall–Kier alpha value is -2.91. The summed E-state index contributed by atoms with van der Waals surface area (Å²) < 4.78 is 7.34. The second-order valence-corrected chi connectivity index (χ2v) is 8.72. The minimum Gasteiger partial charge on any atom is -0.382 e. The standard InChI is InChI=1S/C22H32N8O/c1-22(2,31-4)9-10-30-20-18(19(23)27-30)15-24-21(26-20)25-16-5-7-17(8-6-16)29-13-11-28(3)12-14-29/h5-8,15H,9-14H2,1-4H3,(H2,23,27)(H,24,25,26). The summed E-state index contributed by atoms with van der Waals surface area (Å²) in [5.41, 5.74) is 8.73. The monoisotopic (exact) mass is 424 g/mol. The van der Waals surface area contributed by atoms with Crippen LogP contribution in [0.25, 0.3) is 11.0 Å². The van der Waals surface area contributed by atoms with Crippen LogP contribution in [-0.4, -0.2) is 70.6 Å². The number of anilines is 4. The molecular weight excluding hydrogens is 392 g/mol. The van der Waals surface area contributed by atoms with Crippen LogP contribution in [0, 0.1) is 0 Å². The summed E-state index contributed by atoms with van der Waals surface area (Å²) in [4.78, 5) is 13.9. The molecule has 0 amide bonds. The lowest BCUT2D eigenvalue weighted by Crippen LogP contribution is -2.44. The predicted octanol–water partition coefficient (Wildman–Crippen LogP) is 2.72. The molecule has 0 atom stereocenters. The van der Waals surface area contributed by atoms with Gasteiger partial charge in [-0.25, -0.2) is 9.67 Å². The molecule has 0 radical (unpaired) electrons. The minimum atomic E-state index is -0.243. The summed E-state index contributed by atoms with van der Waals surface area (Å²) >= 11 is 0.